The standard InChI is InChI=1S/C15H20N2O/c1-17-10-13(12-4-2-3-5-14(12)17)15(16)11-6-8-18-9-7-11/h2-5,10-11,15H,6-9,16H2,1H3/t15-/m1/s1. The lowest BCUT2D eigenvalue weighted by Gasteiger charge is -2.27. The molecule has 96 valence electrons. The molecule has 0 bridgehead atoms. The zero-order valence-electron chi connectivity index (χ0n) is 10.8. The van der Waals surface area contributed by atoms with Crippen LogP contribution in [0.25, 0.3) is 10.9 Å². The lowest BCUT2D eigenvalue weighted by atomic mass is 9.88. The summed E-state index contributed by atoms with van der Waals surface area (Å²) in [6.07, 6.45) is 4.33. The van der Waals surface area contributed by atoms with Crippen molar-refractivity contribution in [2.75, 3.05) is 13.2 Å². The highest BCUT2D eigenvalue weighted by atomic mass is 16.5. The molecule has 1 aromatic carbocycles. The summed E-state index contributed by atoms with van der Waals surface area (Å²) in [5, 5.41) is 1.29. The molecule has 0 aliphatic carbocycles. The lowest BCUT2D eigenvalue weighted by molar-refractivity contribution is 0.0585. The van der Waals surface area contributed by atoms with Crippen LogP contribution >= 0.6 is 0 Å². The van der Waals surface area contributed by atoms with E-state index in [1.54, 1.807) is 0 Å². The zero-order valence-corrected chi connectivity index (χ0v) is 10.8. The fourth-order valence-corrected chi connectivity index (χ4v) is 2.97. The van der Waals surface area contributed by atoms with E-state index >= 15 is 0 Å². The number of nitrogens with two attached hydrogens (primary N) is 1. The predicted octanol–water partition coefficient (Wildman–Crippen LogP) is 2.60. The van der Waals surface area contributed by atoms with Gasteiger partial charge in [-0.15, -0.1) is 0 Å². The molecule has 1 aliphatic rings. The largest absolute Gasteiger partial charge is 0.381 e. The quantitative estimate of drug-likeness (QED) is 0.882. The molecule has 0 unspecified atom stereocenters. The van der Waals surface area contributed by atoms with Crippen LogP contribution in [0, 0.1) is 5.92 Å². The Labute approximate surface area is 108 Å². The second kappa shape index (κ2) is 4.75. The molecule has 3 rings (SSSR count). The van der Waals surface area contributed by atoms with E-state index in [1.165, 1.54) is 16.5 Å². The smallest absolute Gasteiger partial charge is 0.0481 e. The number of hydrogen-bond acceptors (Lipinski definition) is 2. The molecule has 1 atom stereocenters. The number of rotatable bonds is 2. The van der Waals surface area contributed by atoms with Crippen LogP contribution in [-0.2, 0) is 11.8 Å². The summed E-state index contributed by atoms with van der Waals surface area (Å²) < 4.78 is 7.59. The van der Waals surface area contributed by atoms with E-state index in [0.717, 1.165) is 26.1 Å². The van der Waals surface area contributed by atoms with E-state index in [0.29, 0.717) is 5.92 Å². The summed E-state index contributed by atoms with van der Waals surface area (Å²) in [5.41, 5.74) is 9.02. The number of para-hydroxylation sites is 1. The second-order valence-corrected chi connectivity index (χ2v) is 5.19. The lowest BCUT2D eigenvalue weighted by Crippen LogP contribution is -2.27. The molecule has 0 spiro atoms. The van der Waals surface area contributed by atoms with Crippen LogP contribution in [0.4, 0.5) is 0 Å². The molecule has 18 heavy (non-hydrogen) atoms. The first kappa shape index (κ1) is 11.8. The van der Waals surface area contributed by atoms with Crippen LogP contribution in [0.1, 0.15) is 24.4 Å². The van der Waals surface area contributed by atoms with Gasteiger partial charge in [0, 0.05) is 43.4 Å². The van der Waals surface area contributed by atoms with Crippen molar-refractivity contribution < 1.29 is 4.74 Å². The van der Waals surface area contributed by atoms with Crippen LogP contribution in [0.5, 0.6) is 0 Å². The maximum atomic E-state index is 6.48. The topological polar surface area (TPSA) is 40.2 Å². The van der Waals surface area contributed by atoms with Crippen molar-refractivity contribution in [3.63, 3.8) is 0 Å². The molecule has 1 fully saturated rings. The Hall–Kier alpha value is -1.32. The van der Waals surface area contributed by atoms with Crippen LogP contribution in [0.3, 0.4) is 0 Å². The van der Waals surface area contributed by atoms with Gasteiger partial charge in [0.1, 0.15) is 0 Å². The normalized spacial score (nSPS) is 19.2. The van der Waals surface area contributed by atoms with Gasteiger partial charge in [0.05, 0.1) is 0 Å². The highest BCUT2D eigenvalue weighted by molar-refractivity contribution is 5.84. The summed E-state index contributed by atoms with van der Waals surface area (Å²) in [5.74, 6) is 0.546. The van der Waals surface area contributed by atoms with Crippen LogP contribution < -0.4 is 5.73 Å². The number of hydrogen-bond donors (Lipinski definition) is 1. The Morgan fingerprint density at radius 2 is 2.00 bits per heavy atom. The third-order valence-corrected chi connectivity index (χ3v) is 4.06. The van der Waals surface area contributed by atoms with Gasteiger partial charge in [-0.25, -0.2) is 0 Å². The van der Waals surface area contributed by atoms with Crippen LogP contribution in [0.15, 0.2) is 30.5 Å². The molecule has 1 aliphatic heterocycles. The van der Waals surface area contributed by atoms with Gasteiger partial charge in [-0.1, -0.05) is 18.2 Å². The third kappa shape index (κ3) is 1.93. The SMILES string of the molecule is Cn1cc([C@H](N)C2CCOCC2)c2ccccc21. The van der Waals surface area contributed by atoms with E-state index in [-0.39, 0.29) is 6.04 Å². The van der Waals surface area contributed by atoms with Gasteiger partial charge in [-0.2, -0.15) is 0 Å². The van der Waals surface area contributed by atoms with E-state index in [9.17, 15) is 0 Å². The Bertz CT molecular complexity index is 540. The Morgan fingerprint density at radius 3 is 2.78 bits per heavy atom. The minimum absolute atomic E-state index is 0.125. The van der Waals surface area contributed by atoms with Gasteiger partial charge in [-0.3, -0.25) is 0 Å². The molecular weight excluding hydrogens is 224 g/mol. The number of nitrogens with zero attached hydrogens (tertiary/aromatic N) is 1. The summed E-state index contributed by atoms with van der Waals surface area (Å²) in [7, 11) is 2.09. The Balaban J connectivity index is 1.98. The van der Waals surface area contributed by atoms with Crippen molar-refractivity contribution in [1.82, 2.24) is 4.57 Å². The number of aromatic nitrogens is 1. The average Bonchev–Trinajstić information content (AvgIpc) is 2.77. The number of ether oxygens (including phenoxy) is 1. The highest BCUT2D eigenvalue weighted by Gasteiger charge is 2.24. The third-order valence-electron chi connectivity index (χ3n) is 4.06. The number of fused-ring (bicyclic) bond motifs is 1. The maximum absolute atomic E-state index is 6.48. The first-order valence-corrected chi connectivity index (χ1v) is 6.64. The average molecular weight is 244 g/mol. The van der Waals surface area contributed by atoms with Gasteiger partial charge >= 0.3 is 0 Å². The van der Waals surface area contributed by atoms with Gasteiger partial charge in [-0.05, 0) is 30.4 Å². The molecule has 2 aromatic rings. The van der Waals surface area contributed by atoms with E-state index in [1.807, 2.05) is 0 Å². The molecule has 3 nitrogen and oxygen atoms in total. The molecule has 1 aromatic heterocycles. The van der Waals surface area contributed by atoms with E-state index in [2.05, 4.69) is 42.1 Å². The molecule has 0 saturated carbocycles. The summed E-state index contributed by atoms with van der Waals surface area (Å²) in [4.78, 5) is 0. The van der Waals surface area contributed by atoms with Crippen molar-refractivity contribution >= 4 is 10.9 Å². The van der Waals surface area contributed by atoms with Gasteiger partial charge in [0.25, 0.3) is 0 Å². The predicted molar refractivity (Wildman–Crippen MR) is 73.4 cm³/mol. The van der Waals surface area contributed by atoms with Gasteiger partial charge in [0.2, 0.25) is 0 Å². The van der Waals surface area contributed by atoms with Gasteiger partial charge < -0.3 is 15.0 Å². The molecule has 3 heteroatoms. The first-order chi connectivity index (χ1) is 8.77. The molecule has 2 heterocycles. The zero-order chi connectivity index (χ0) is 12.5. The monoisotopic (exact) mass is 244 g/mol. The fraction of sp³-hybridized carbons (Fsp3) is 0.467. The van der Waals surface area contributed by atoms with Crippen molar-refractivity contribution in [3.05, 3.63) is 36.0 Å². The molecule has 1 saturated heterocycles. The minimum Gasteiger partial charge on any atom is -0.381 e. The first-order valence-electron chi connectivity index (χ1n) is 6.64. The van der Waals surface area contributed by atoms with Crippen molar-refractivity contribution in [2.24, 2.45) is 18.7 Å². The van der Waals surface area contributed by atoms with Crippen molar-refractivity contribution in [3.8, 4) is 0 Å². The maximum Gasteiger partial charge on any atom is 0.0481 e. The molecular formula is C15H20N2O. The van der Waals surface area contributed by atoms with Crippen molar-refractivity contribution in [1.29, 1.82) is 0 Å². The summed E-state index contributed by atoms with van der Waals surface area (Å²) in [6, 6.07) is 8.61. The van der Waals surface area contributed by atoms with E-state index < -0.39 is 0 Å². The van der Waals surface area contributed by atoms with E-state index in [4.69, 9.17) is 10.5 Å². The van der Waals surface area contributed by atoms with Crippen molar-refractivity contribution in [2.45, 2.75) is 18.9 Å². The summed E-state index contributed by atoms with van der Waals surface area (Å²) >= 11 is 0. The number of aryl methyl sites for hydroxylation is 1. The highest BCUT2D eigenvalue weighted by Crippen LogP contribution is 2.33. The fourth-order valence-electron chi connectivity index (χ4n) is 2.97. The Kier molecular flexibility index (Phi) is 3.10. The second-order valence-electron chi connectivity index (χ2n) is 5.19. The van der Waals surface area contributed by atoms with Crippen LogP contribution in [-0.4, -0.2) is 17.8 Å². The molecule has 2 N–H and O–H groups in total. The molecule has 0 amide bonds. The molecule has 0 radical (unpaired) electrons. The number of benzene rings is 1. The Morgan fingerprint density at radius 1 is 1.28 bits per heavy atom. The minimum atomic E-state index is 0.125. The summed E-state index contributed by atoms with van der Waals surface area (Å²) in [6.45, 7) is 1.70. The van der Waals surface area contributed by atoms with Crippen LogP contribution in [0.2, 0.25) is 0 Å². The van der Waals surface area contributed by atoms with Gasteiger partial charge in [0.15, 0.2) is 0 Å².